The molecule has 4 N–H and O–H groups in total. The highest BCUT2D eigenvalue weighted by molar-refractivity contribution is 6.09. The number of amides is 1. The maximum atomic E-state index is 12.5. The number of alkyl carbamates (subject to hydrolysis) is 1. The number of fused-ring (bicyclic) bond motifs is 2. The summed E-state index contributed by atoms with van der Waals surface area (Å²) in [7, 11) is 3.15. The molecule has 0 radical (unpaired) electrons. The number of halogens is 1. The summed E-state index contributed by atoms with van der Waals surface area (Å²) in [6.07, 6.45) is 11.0. The number of hydrazone groups is 1. The van der Waals surface area contributed by atoms with Crippen LogP contribution < -0.4 is 30.3 Å². The Labute approximate surface area is 301 Å². The number of ether oxygens (including phenoxy) is 4. The van der Waals surface area contributed by atoms with Crippen LogP contribution >= 0.6 is 12.4 Å². The fourth-order valence-corrected chi connectivity index (χ4v) is 6.43. The zero-order valence-corrected chi connectivity index (χ0v) is 29.5. The van der Waals surface area contributed by atoms with Gasteiger partial charge in [-0.3, -0.25) is 4.98 Å². The Kier molecular flexibility index (Phi) is 12.7. The number of allylic oxidation sites excluding steroid dienone is 2. The number of carbonyl (C=O) groups excluding carboxylic acids is 1. The number of pyridine rings is 1. The average molecular weight is 723 g/mol. The lowest BCUT2D eigenvalue weighted by Gasteiger charge is -2.21. The van der Waals surface area contributed by atoms with Gasteiger partial charge in [-0.2, -0.15) is 5.10 Å². The van der Waals surface area contributed by atoms with Crippen LogP contribution in [-0.2, 0) is 22.5 Å². The van der Waals surface area contributed by atoms with Crippen molar-refractivity contribution in [3.05, 3.63) is 59.8 Å². The Morgan fingerprint density at radius 3 is 2.71 bits per heavy atom. The van der Waals surface area contributed by atoms with E-state index in [1.807, 2.05) is 29.0 Å². The van der Waals surface area contributed by atoms with Gasteiger partial charge in [-0.15, -0.1) is 12.4 Å². The SMILES string of the molecule is COc1c(OCCC(NC(=O)OCCCn2cnc(-c3cccnc3)c2)C(=O)O)cc2c(c1OC)C1=C(CCC1)C(=NNC1=NCCN1)CC2.Cl. The number of methoxy groups -OCH3 is 2. The number of benzene rings is 1. The van der Waals surface area contributed by atoms with Gasteiger partial charge in [-0.1, -0.05) is 0 Å². The second kappa shape index (κ2) is 17.6. The van der Waals surface area contributed by atoms with Crippen LogP contribution in [0.15, 0.2) is 58.8 Å². The number of hydrogen-bond donors (Lipinski definition) is 4. The summed E-state index contributed by atoms with van der Waals surface area (Å²) in [5, 5.41) is 20.2. The summed E-state index contributed by atoms with van der Waals surface area (Å²) in [5.41, 5.74) is 10.2. The van der Waals surface area contributed by atoms with Crippen molar-refractivity contribution < 1.29 is 33.6 Å². The lowest BCUT2D eigenvalue weighted by atomic mass is 9.95. The summed E-state index contributed by atoms with van der Waals surface area (Å²) in [6.45, 7) is 2.19. The number of guanidine groups is 1. The van der Waals surface area contributed by atoms with Gasteiger partial charge < -0.3 is 39.3 Å². The Morgan fingerprint density at radius 2 is 1.96 bits per heavy atom. The molecule has 0 bridgehead atoms. The second-order valence-corrected chi connectivity index (χ2v) is 12.0. The van der Waals surface area contributed by atoms with Crippen molar-refractivity contribution in [3.63, 3.8) is 0 Å². The number of carbonyl (C=O) groups is 2. The van der Waals surface area contributed by atoms with Crippen molar-refractivity contribution in [3.8, 4) is 28.5 Å². The first-order chi connectivity index (χ1) is 24.4. The molecule has 1 aromatic carbocycles. The summed E-state index contributed by atoms with van der Waals surface area (Å²) >= 11 is 0. The highest BCUT2D eigenvalue weighted by Gasteiger charge is 2.32. The van der Waals surface area contributed by atoms with Crippen molar-refractivity contribution in [2.24, 2.45) is 10.1 Å². The number of aryl methyl sites for hydroxylation is 2. The third-order valence-corrected chi connectivity index (χ3v) is 8.80. The minimum Gasteiger partial charge on any atom is -0.492 e. The minimum atomic E-state index is -1.22. The molecule has 1 aliphatic heterocycles. The van der Waals surface area contributed by atoms with Crippen molar-refractivity contribution in [2.75, 3.05) is 40.5 Å². The first-order valence-electron chi connectivity index (χ1n) is 16.8. The van der Waals surface area contributed by atoms with Gasteiger partial charge in [-0.25, -0.2) is 25.0 Å². The molecule has 3 aliphatic rings. The molecule has 0 saturated carbocycles. The molecular formula is C35H43ClN8O7. The first-order valence-corrected chi connectivity index (χ1v) is 16.8. The van der Waals surface area contributed by atoms with Crippen LogP contribution in [0.25, 0.3) is 16.8 Å². The third-order valence-electron chi connectivity index (χ3n) is 8.80. The third kappa shape index (κ3) is 8.89. The van der Waals surface area contributed by atoms with Gasteiger partial charge in [-0.05, 0) is 73.4 Å². The monoisotopic (exact) mass is 722 g/mol. The quantitative estimate of drug-likeness (QED) is 0.138. The maximum absolute atomic E-state index is 12.5. The zero-order chi connectivity index (χ0) is 34.9. The van der Waals surface area contributed by atoms with E-state index in [1.54, 1.807) is 32.9 Å². The Morgan fingerprint density at radius 1 is 1.12 bits per heavy atom. The van der Waals surface area contributed by atoms with Crippen LogP contribution in [0.1, 0.15) is 49.7 Å². The number of aliphatic carboxylic acids is 1. The van der Waals surface area contributed by atoms with E-state index in [-0.39, 0.29) is 32.0 Å². The van der Waals surface area contributed by atoms with Crippen LogP contribution in [0.2, 0.25) is 0 Å². The molecule has 15 nitrogen and oxygen atoms in total. The summed E-state index contributed by atoms with van der Waals surface area (Å²) in [5.74, 6) is 0.921. The molecule has 1 atom stereocenters. The molecule has 16 heteroatoms. The molecule has 0 spiro atoms. The van der Waals surface area contributed by atoms with Gasteiger partial charge in [0.15, 0.2) is 11.5 Å². The van der Waals surface area contributed by atoms with Crippen LogP contribution in [0.4, 0.5) is 4.79 Å². The molecular weight excluding hydrogens is 680 g/mol. The highest BCUT2D eigenvalue weighted by Crippen LogP contribution is 2.50. The van der Waals surface area contributed by atoms with Crippen molar-refractivity contribution >= 4 is 41.7 Å². The smallest absolute Gasteiger partial charge is 0.407 e. The number of aromatic nitrogens is 3. The normalized spacial score (nSPS) is 16.1. The van der Waals surface area contributed by atoms with Crippen molar-refractivity contribution in [2.45, 2.75) is 57.5 Å². The number of rotatable bonds is 14. The molecule has 1 amide bonds. The number of nitrogens with zero attached hydrogens (tertiary/aromatic N) is 5. The molecule has 51 heavy (non-hydrogen) atoms. The van der Waals surface area contributed by atoms with Gasteiger partial charge in [0.1, 0.15) is 6.04 Å². The van der Waals surface area contributed by atoms with Gasteiger partial charge in [0.05, 0.1) is 51.7 Å². The number of hydrogen-bond acceptors (Lipinski definition) is 12. The van der Waals surface area contributed by atoms with Crippen LogP contribution in [0.3, 0.4) is 0 Å². The number of imidazole rings is 1. The predicted octanol–water partition coefficient (Wildman–Crippen LogP) is 4.21. The fraction of sp³-hybridized carbons (Fsp3) is 0.429. The Bertz CT molecular complexity index is 1790. The summed E-state index contributed by atoms with van der Waals surface area (Å²) in [4.78, 5) is 37.4. The Balaban J connectivity index is 0.00000504. The number of nitrogens with one attached hydrogen (secondary N) is 3. The molecule has 3 aromatic rings. The van der Waals surface area contributed by atoms with Gasteiger partial charge in [0.2, 0.25) is 11.7 Å². The van der Waals surface area contributed by atoms with Crippen molar-refractivity contribution in [1.82, 2.24) is 30.6 Å². The Hall–Kier alpha value is -5.31. The van der Waals surface area contributed by atoms with E-state index in [0.29, 0.717) is 49.0 Å². The lowest BCUT2D eigenvalue weighted by molar-refractivity contribution is -0.139. The molecule has 3 heterocycles. The summed E-state index contributed by atoms with van der Waals surface area (Å²) in [6, 6.07) is 4.50. The second-order valence-electron chi connectivity index (χ2n) is 12.0. The number of carboxylic acid groups (broad SMARTS) is 1. The molecule has 2 aromatic heterocycles. The fourth-order valence-electron chi connectivity index (χ4n) is 6.43. The van der Waals surface area contributed by atoms with E-state index in [1.165, 1.54) is 11.1 Å². The standard InChI is InChI=1S/C35H42N8O7.ClH/c1-47-31-29(18-22-9-10-26(41-42-34-37-13-14-38-34)24-7-3-8-25(24)30(22)32(31)48-2)49-17-11-27(33(44)45)40-35(46)50-16-5-15-43-20-28(39-21-43)23-6-4-12-36-19-23;/h4,6,12,18-21,27H,3,5,7-11,13-17H2,1-2H3,(H,40,46)(H,44,45)(H2,37,38,42);1H. The molecule has 0 saturated heterocycles. The minimum absolute atomic E-state index is 0. The number of aliphatic imine (C=N–C) groups is 1. The number of carboxylic acids is 1. The zero-order valence-electron chi connectivity index (χ0n) is 28.6. The van der Waals surface area contributed by atoms with E-state index in [2.05, 4.69) is 31.0 Å². The molecule has 1 unspecified atom stereocenters. The predicted molar refractivity (Wildman–Crippen MR) is 193 cm³/mol. The topological polar surface area (TPSA) is 183 Å². The van der Waals surface area contributed by atoms with Crippen LogP contribution in [0.5, 0.6) is 17.2 Å². The summed E-state index contributed by atoms with van der Waals surface area (Å²) < 4.78 is 25.0. The molecule has 0 fully saturated rings. The lowest BCUT2D eigenvalue weighted by Crippen LogP contribution is -2.42. The van der Waals surface area contributed by atoms with Crippen LogP contribution in [0, 0.1) is 0 Å². The van der Waals surface area contributed by atoms with E-state index in [0.717, 1.165) is 60.4 Å². The van der Waals surface area contributed by atoms with Crippen LogP contribution in [-0.4, -0.2) is 89.9 Å². The average Bonchev–Trinajstić information content (AvgIpc) is 3.92. The van der Waals surface area contributed by atoms with Gasteiger partial charge >= 0.3 is 12.1 Å². The molecule has 272 valence electrons. The van der Waals surface area contributed by atoms with Crippen molar-refractivity contribution in [1.29, 1.82) is 0 Å². The maximum Gasteiger partial charge on any atom is 0.407 e. The largest absolute Gasteiger partial charge is 0.492 e. The highest BCUT2D eigenvalue weighted by atomic mass is 35.5. The van der Waals surface area contributed by atoms with Gasteiger partial charge in [0, 0.05) is 49.2 Å². The molecule has 6 rings (SSSR count). The van der Waals surface area contributed by atoms with Gasteiger partial charge in [0.25, 0.3) is 0 Å². The van der Waals surface area contributed by atoms with E-state index in [4.69, 9.17) is 24.0 Å². The van der Waals surface area contributed by atoms with E-state index in [9.17, 15) is 14.7 Å². The van der Waals surface area contributed by atoms with E-state index < -0.39 is 18.1 Å². The van der Waals surface area contributed by atoms with E-state index >= 15 is 0 Å². The molecule has 2 aliphatic carbocycles. The first kappa shape index (κ1) is 37.0.